The topological polar surface area (TPSA) is 49.4 Å². The summed E-state index contributed by atoms with van der Waals surface area (Å²) in [7, 11) is 0. The number of thiophene rings is 1. The largest absolute Gasteiger partial charge is 0.405 e. The summed E-state index contributed by atoms with van der Waals surface area (Å²) in [6, 6.07) is 10.3. The van der Waals surface area contributed by atoms with Gasteiger partial charge in [-0.05, 0) is 36.9 Å². The zero-order valence-corrected chi connectivity index (χ0v) is 15.4. The predicted molar refractivity (Wildman–Crippen MR) is 97.5 cm³/mol. The lowest BCUT2D eigenvalue weighted by molar-refractivity contribution is -0.142. The molecule has 3 rings (SSSR count). The normalized spacial score (nSPS) is 20.6. The van der Waals surface area contributed by atoms with Crippen LogP contribution < -0.4 is 10.2 Å². The Kier molecular flexibility index (Phi) is 5.55. The summed E-state index contributed by atoms with van der Waals surface area (Å²) in [4.78, 5) is 27.6. The number of alkyl halides is 3. The van der Waals surface area contributed by atoms with E-state index in [4.69, 9.17) is 0 Å². The molecule has 2 atom stereocenters. The van der Waals surface area contributed by atoms with E-state index in [1.54, 1.807) is 29.2 Å². The summed E-state index contributed by atoms with van der Waals surface area (Å²) >= 11 is 1.38. The highest BCUT2D eigenvalue weighted by Crippen LogP contribution is 2.41. The van der Waals surface area contributed by atoms with Crippen LogP contribution in [0.3, 0.4) is 0 Å². The molecule has 0 radical (unpaired) electrons. The monoisotopic (exact) mass is 396 g/mol. The number of anilines is 1. The van der Waals surface area contributed by atoms with Gasteiger partial charge in [0.2, 0.25) is 11.8 Å². The standard InChI is InChI=1S/C19H19F3N2O2S/c1-12-4-6-13(7-5-12)24-16(25)9-8-14(17(24)15-3-2-10-27-15)18(26)23-11-19(20,21)22/h2-7,10,14,17H,8-9,11H2,1H3,(H,23,26)/t14-,17-/m1/s1. The second kappa shape index (κ2) is 7.72. The average Bonchev–Trinajstić information content (AvgIpc) is 3.14. The van der Waals surface area contributed by atoms with Gasteiger partial charge in [-0.25, -0.2) is 0 Å². The SMILES string of the molecule is Cc1ccc(N2C(=O)CC[C@@H](C(=O)NCC(F)(F)F)[C@@H]2c2cccs2)cc1. The summed E-state index contributed by atoms with van der Waals surface area (Å²) < 4.78 is 37.6. The van der Waals surface area contributed by atoms with Gasteiger partial charge in [-0.3, -0.25) is 9.59 Å². The number of aryl methyl sites for hydroxylation is 1. The maximum atomic E-state index is 12.7. The Morgan fingerprint density at radius 3 is 2.56 bits per heavy atom. The van der Waals surface area contributed by atoms with Crippen molar-refractivity contribution in [3.05, 3.63) is 52.2 Å². The number of hydrogen-bond donors (Lipinski definition) is 1. The van der Waals surface area contributed by atoms with Crippen molar-refractivity contribution >= 4 is 28.8 Å². The maximum Gasteiger partial charge on any atom is 0.405 e. The molecule has 0 saturated carbocycles. The fourth-order valence-electron chi connectivity index (χ4n) is 3.28. The molecule has 8 heteroatoms. The van der Waals surface area contributed by atoms with E-state index >= 15 is 0 Å². The number of piperidine rings is 1. The minimum atomic E-state index is -4.48. The van der Waals surface area contributed by atoms with Gasteiger partial charge >= 0.3 is 6.18 Å². The average molecular weight is 396 g/mol. The highest BCUT2D eigenvalue weighted by atomic mass is 32.1. The molecule has 1 aliphatic rings. The van der Waals surface area contributed by atoms with Crippen LogP contribution in [-0.2, 0) is 9.59 Å². The first kappa shape index (κ1) is 19.4. The second-order valence-electron chi connectivity index (χ2n) is 6.54. The summed E-state index contributed by atoms with van der Waals surface area (Å²) in [5.74, 6) is -1.57. The van der Waals surface area contributed by atoms with Crippen LogP contribution in [0.25, 0.3) is 0 Å². The van der Waals surface area contributed by atoms with E-state index in [9.17, 15) is 22.8 Å². The molecular formula is C19H19F3N2O2S. The third-order valence-electron chi connectivity index (χ3n) is 4.54. The molecule has 1 aliphatic heterocycles. The highest BCUT2D eigenvalue weighted by molar-refractivity contribution is 7.10. The van der Waals surface area contributed by atoms with Gasteiger partial charge in [0.1, 0.15) is 6.54 Å². The maximum absolute atomic E-state index is 12.7. The van der Waals surface area contributed by atoms with Crippen LogP contribution in [0.5, 0.6) is 0 Å². The quantitative estimate of drug-likeness (QED) is 0.841. The fraction of sp³-hybridized carbons (Fsp3) is 0.368. The van der Waals surface area contributed by atoms with E-state index in [1.807, 2.05) is 29.8 Å². The van der Waals surface area contributed by atoms with E-state index in [0.717, 1.165) is 10.4 Å². The molecule has 2 heterocycles. The van der Waals surface area contributed by atoms with Crippen LogP contribution in [0.15, 0.2) is 41.8 Å². The molecule has 4 nitrogen and oxygen atoms in total. The van der Waals surface area contributed by atoms with Crippen molar-refractivity contribution in [3.8, 4) is 0 Å². The Hall–Kier alpha value is -2.35. The molecule has 1 saturated heterocycles. The Morgan fingerprint density at radius 1 is 1.26 bits per heavy atom. The van der Waals surface area contributed by atoms with Gasteiger partial charge in [0, 0.05) is 17.0 Å². The number of amides is 2. The first-order valence-corrected chi connectivity index (χ1v) is 9.41. The van der Waals surface area contributed by atoms with Gasteiger partial charge in [-0.1, -0.05) is 23.8 Å². The second-order valence-corrected chi connectivity index (χ2v) is 7.52. The third kappa shape index (κ3) is 4.50. The molecule has 2 aromatic rings. The van der Waals surface area contributed by atoms with Gasteiger partial charge < -0.3 is 10.2 Å². The number of rotatable bonds is 4. The Balaban J connectivity index is 1.95. The lowest BCUT2D eigenvalue weighted by Crippen LogP contribution is -2.49. The number of carbonyl (C=O) groups excluding carboxylic acids is 2. The number of carbonyl (C=O) groups is 2. The molecule has 1 fully saturated rings. The number of nitrogens with zero attached hydrogens (tertiary/aromatic N) is 1. The Bertz CT molecular complexity index is 803. The van der Waals surface area contributed by atoms with Crippen molar-refractivity contribution < 1.29 is 22.8 Å². The van der Waals surface area contributed by atoms with Crippen molar-refractivity contribution in [2.24, 2.45) is 5.92 Å². The first-order valence-electron chi connectivity index (χ1n) is 8.53. The molecule has 27 heavy (non-hydrogen) atoms. The van der Waals surface area contributed by atoms with Crippen LogP contribution in [0, 0.1) is 12.8 Å². The molecule has 0 aliphatic carbocycles. The van der Waals surface area contributed by atoms with E-state index in [1.165, 1.54) is 11.3 Å². The lowest BCUT2D eigenvalue weighted by atomic mass is 9.86. The predicted octanol–water partition coefficient (Wildman–Crippen LogP) is 4.22. The lowest BCUT2D eigenvalue weighted by Gasteiger charge is -2.40. The van der Waals surface area contributed by atoms with E-state index in [-0.39, 0.29) is 18.7 Å². The van der Waals surface area contributed by atoms with Crippen LogP contribution in [-0.4, -0.2) is 24.5 Å². The molecule has 1 aromatic heterocycles. The fourth-order valence-corrected chi connectivity index (χ4v) is 4.16. The zero-order chi connectivity index (χ0) is 19.6. The zero-order valence-electron chi connectivity index (χ0n) is 14.6. The van der Waals surface area contributed by atoms with Gasteiger partial charge in [-0.2, -0.15) is 13.2 Å². The number of halogens is 3. The Labute approximate surface area is 159 Å². The minimum Gasteiger partial charge on any atom is -0.347 e. The molecule has 1 N–H and O–H groups in total. The van der Waals surface area contributed by atoms with Gasteiger partial charge in [0.05, 0.1) is 12.0 Å². The van der Waals surface area contributed by atoms with Crippen molar-refractivity contribution in [2.45, 2.75) is 32.0 Å². The molecule has 0 bridgehead atoms. The Morgan fingerprint density at radius 2 is 1.96 bits per heavy atom. The summed E-state index contributed by atoms with van der Waals surface area (Å²) in [5.41, 5.74) is 1.66. The van der Waals surface area contributed by atoms with E-state index < -0.39 is 30.6 Å². The van der Waals surface area contributed by atoms with Crippen LogP contribution >= 0.6 is 11.3 Å². The number of benzene rings is 1. The van der Waals surface area contributed by atoms with E-state index in [2.05, 4.69) is 0 Å². The molecule has 0 spiro atoms. The summed E-state index contributed by atoms with van der Waals surface area (Å²) in [6.07, 6.45) is -4.15. The van der Waals surface area contributed by atoms with Crippen molar-refractivity contribution in [1.29, 1.82) is 0 Å². The molecule has 2 amide bonds. The van der Waals surface area contributed by atoms with Crippen molar-refractivity contribution in [2.75, 3.05) is 11.4 Å². The van der Waals surface area contributed by atoms with Crippen molar-refractivity contribution in [1.82, 2.24) is 5.32 Å². The van der Waals surface area contributed by atoms with Crippen LogP contribution in [0.2, 0.25) is 0 Å². The first-order chi connectivity index (χ1) is 12.8. The third-order valence-corrected chi connectivity index (χ3v) is 5.49. The van der Waals surface area contributed by atoms with E-state index in [0.29, 0.717) is 5.69 Å². The number of nitrogens with one attached hydrogen (secondary N) is 1. The van der Waals surface area contributed by atoms with Crippen LogP contribution in [0.1, 0.15) is 29.3 Å². The minimum absolute atomic E-state index is 0.111. The summed E-state index contributed by atoms with van der Waals surface area (Å²) in [6.45, 7) is 0.546. The van der Waals surface area contributed by atoms with Gasteiger partial charge in [-0.15, -0.1) is 11.3 Å². The summed E-state index contributed by atoms with van der Waals surface area (Å²) in [5, 5.41) is 3.81. The molecule has 1 aromatic carbocycles. The van der Waals surface area contributed by atoms with Crippen LogP contribution in [0.4, 0.5) is 18.9 Å². The van der Waals surface area contributed by atoms with Gasteiger partial charge in [0.25, 0.3) is 0 Å². The molecule has 0 unspecified atom stereocenters. The molecule has 144 valence electrons. The number of hydrogen-bond acceptors (Lipinski definition) is 3. The van der Waals surface area contributed by atoms with Crippen molar-refractivity contribution in [3.63, 3.8) is 0 Å². The molecular weight excluding hydrogens is 377 g/mol. The highest BCUT2D eigenvalue weighted by Gasteiger charge is 2.42. The van der Waals surface area contributed by atoms with Gasteiger partial charge in [0.15, 0.2) is 0 Å². The smallest absolute Gasteiger partial charge is 0.347 e.